The van der Waals surface area contributed by atoms with Gasteiger partial charge >= 0.3 is 0 Å². The molecule has 2 rings (SSSR count). The first kappa shape index (κ1) is 22.3. The Bertz CT molecular complexity index is 1030. The van der Waals surface area contributed by atoms with Crippen LogP contribution in [0.15, 0.2) is 24.3 Å². The lowest BCUT2D eigenvalue weighted by Gasteiger charge is -2.23. The van der Waals surface area contributed by atoms with Gasteiger partial charge in [0.25, 0.3) is 16.0 Å². The van der Waals surface area contributed by atoms with E-state index in [1.807, 2.05) is 0 Å². The number of benzene rings is 2. The molecule has 0 saturated carbocycles. The number of carbonyl (C=O) groups excluding carboxylic acids is 1. The molecule has 0 spiro atoms. The van der Waals surface area contributed by atoms with E-state index in [-0.39, 0.29) is 32.8 Å². The van der Waals surface area contributed by atoms with Gasteiger partial charge in [-0.2, -0.15) is 8.42 Å². The fourth-order valence-electron chi connectivity index (χ4n) is 2.99. The minimum absolute atomic E-state index is 0.0257. The van der Waals surface area contributed by atoms with Crippen LogP contribution in [-0.2, 0) is 14.3 Å². The molecule has 2 aromatic carbocycles. The number of nitrogens with one attached hydrogen (secondary N) is 1. The average molecular weight is 432 g/mol. The maximum absolute atomic E-state index is 15.1. The van der Waals surface area contributed by atoms with Crippen LogP contribution in [0.3, 0.4) is 0 Å². The molecule has 1 unspecified atom stereocenters. The molecular formula is C19H20ClF2NO4S. The van der Waals surface area contributed by atoms with Gasteiger partial charge in [0.2, 0.25) is 0 Å². The summed E-state index contributed by atoms with van der Waals surface area (Å²) in [7, 11) is -3.95. The van der Waals surface area contributed by atoms with Gasteiger partial charge in [0, 0.05) is 17.7 Å². The highest BCUT2D eigenvalue weighted by Gasteiger charge is 2.30. The number of carbonyl (C=O) groups is 1. The summed E-state index contributed by atoms with van der Waals surface area (Å²) in [5, 5.41) is 2.28. The van der Waals surface area contributed by atoms with Crippen LogP contribution in [0.5, 0.6) is 0 Å². The van der Waals surface area contributed by atoms with Crippen LogP contribution in [0.1, 0.15) is 41.4 Å². The van der Waals surface area contributed by atoms with Gasteiger partial charge in [-0.15, -0.1) is 0 Å². The molecule has 0 fully saturated rings. The molecule has 1 atom stereocenters. The molecule has 2 aromatic rings. The minimum Gasteiger partial charge on any atom is -0.352 e. The number of hydrogen-bond acceptors (Lipinski definition) is 4. The van der Waals surface area contributed by atoms with Gasteiger partial charge in [-0.05, 0) is 44.0 Å². The van der Waals surface area contributed by atoms with Crippen LogP contribution >= 0.6 is 11.6 Å². The molecule has 0 bridgehead atoms. The lowest BCUT2D eigenvalue weighted by molar-refractivity contribution is 0.0955. The zero-order valence-corrected chi connectivity index (χ0v) is 17.3. The summed E-state index contributed by atoms with van der Waals surface area (Å²) in [6.07, 6.45) is -0.483. The molecule has 0 aliphatic heterocycles. The van der Waals surface area contributed by atoms with Crippen molar-refractivity contribution in [1.29, 1.82) is 0 Å². The minimum atomic E-state index is -3.95. The molecule has 0 radical (unpaired) electrons. The van der Waals surface area contributed by atoms with Crippen LogP contribution in [-0.4, -0.2) is 27.1 Å². The maximum atomic E-state index is 15.1. The Labute approximate surface area is 167 Å². The highest BCUT2D eigenvalue weighted by molar-refractivity contribution is 7.86. The average Bonchev–Trinajstić information content (AvgIpc) is 2.57. The third kappa shape index (κ3) is 4.68. The second-order valence-electron chi connectivity index (χ2n) is 6.23. The maximum Gasteiger partial charge on any atom is 0.264 e. The summed E-state index contributed by atoms with van der Waals surface area (Å²) < 4.78 is 57.1. The molecule has 0 heterocycles. The summed E-state index contributed by atoms with van der Waals surface area (Å²) in [5.74, 6) is -2.08. The summed E-state index contributed by atoms with van der Waals surface area (Å²) in [6, 6.07) is 5.22. The van der Waals surface area contributed by atoms with E-state index in [4.69, 9.17) is 15.8 Å². The summed E-state index contributed by atoms with van der Waals surface area (Å²) in [5.41, 5.74) is 0.158. The molecule has 0 aromatic heterocycles. The topological polar surface area (TPSA) is 72.5 Å². The van der Waals surface area contributed by atoms with Gasteiger partial charge < -0.3 is 5.32 Å². The molecular weight excluding hydrogens is 412 g/mol. The van der Waals surface area contributed by atoms with Crippen LogP contribution in [0.4, 0.5) is 8.78 Å². The molecule has 0 aliphatic rings. The fraction of sp³-hybridized carbons (Fsp3) is 0.316. The zero-order chi connectivity index (χ0) is 21.2. The Balaban J connectivity index is 2.95. The standard InChI is InChI=1S/C19H20ClF2NO4S/c1-5-23-19(24)14-10(2)17(20)18(22)15(11(3)27-28(4,25)26)16(14)12-7-6-8-13(21)9-12/h6-9,11H,5H2,1-4H3,(H,23,24). The third-order valence-corrected chi connectivity index (χ3v) is 5.14. The van der Waals surface area contributed by atoms with Crippen molar-refractivity contribution < 1.29 is 26.2 Å². The molecule has 1 amide bonds. The van der Waals surface area contributed by atoms with Gasteiger partial charge in [0.15, 0.2) is 0 Å². The Morgan fingerprint density at radius 2 is 1.96 bits per heavy atom. The van der Waals surface area contributed by atoms with Crippen LogP contribution < -0.4 is 5.32 Å². The van der Waals surface area contributed by atoms with E-state index < -0.39 is 33.8 Å². The highest BCUT2D eigenvalue weighted by Crippen LogP contribution is 2.41. The van der Waals surface area contributed by atoms with Crippen molar-refractivity contribution in [2.24, 2.45) is 0 Å². The largest absolute Gasteiger partial charge is 0.352 e. The van der Waals surface area contributed by atoms with Crippen LogP contribution in [0.25, 0.3) is 11.1 Å². The fourth-order valence-corrected chi connectivity index (χ4v) is 3.81. The second-order valence-corrected chi connectivity index (χ2v) is 8.21. The molecule has 9 heteroatoms. The predicted molar refractivity (Wildman–Crippen MR) is 104 cm³/mol. The van der Waals surface area contributed by atoms with Crippen molar-refractivity contribution >= 4 is 27.6 Å². The molecule has 5 nitrogen and oxygen atoms in total. The van der Waals surface area contributed by atoms with E-state index in [1.165, 1.54) is 32.0 Å². The molecule has 1 N–H and O–H groups in total. The molecule has 28 heavy (non-hydrogen) atoms. The summed E-state index contributed by atoms with van der Waals surface area (Å²) in [6.45, 7) is 4.77. The number of hydrogen-bond donors (Lipinski definition) is 1. The van der Waals surface area contributed by atoms with Crippen molar-refractivity contribution in [3.8, 4) is 11.1 Å². The second kappa shape index (κ2) is 8.55. The SMILES string of the molecule is CCNC(=O)c1c(C)c(Cl)c(F)c(C(C)OS(C)(=O)=O)c1-c1cccc(F)c1. The van der Waals surface area contributed by atoms with Gasteiger partial charge in [-0.3, -0.25) is 8.98 Å². The smallest absolute Gasteiger partial charge is 0.264 e. The monoisotopic (exact) mass is 431 g/mol. The Morgan fingerprint density at radius 1 is 1.32 bits per heavy atom. The first-order chi connectivity index (χ1) is 13.0. The van der Waals surface area contributed by atoms with Crippen LogP contribution in [0, 0.1) is 18.6 Å². The number of halogens is 3. The van der Waals surface area contributed by atoms with Crippen molar-refractivity contribution in [3.63, 3.8) is 0 Å². The van der Waals surface area contributed by atoms with E-state index in [0.717, 1.165) is 12.3 Å². The Morgan fingerprint density at radius 3 is 2.50 bits per heavy atom. The lowest BCUT2D eigenvalue weighted by Crippen LogP contribution is -2.26. The first-order valence-electron chi connectivity index (χ1n) is 8.41. The predicted octanol–water partition coefficient (Wildman–Crippen LogP) is 4.38. The first-order valence-corrected chi connectivity index (χ1v) is 10.6. The van der Waals surface area contributed by atoms with Crippen molar-refractivity contribution in [1.82, 2.24) is 5.32 Å². The normalized spacial score (nSPS) is 12.7. The third-order valence-electron chi connectivity index (χ3n) is 4.06. The van der Waals surface area contributed by atoms with Gasteiger partial charge in [-0.25, -0.2) is 8.78 Å². The summed E-state index contributed by atoms with van der Waals surface area (Å²) >= 11 is 6.10. The van der Waals surface area contributed by atoms with Crippen molar-refractivity contribution in [3.05, 3.63) is 57.6 Å². The van der Waals surface area contributed by atoms with Crippen molar-refractivity contribution in [2.45, 2.75) is 26.9 Å². The van der Waals surface area contributed by atoms with E-state index in [2.05, 4.69) is 5.32 Å². The summed E-state index contributed by atoms with van der Waals surface area (Å²) in [4.78, 5) is 12.7. The zero-order valence-electron chi connectivity index (χ0n) is 15.8. The molecule has 152 valence electrons. The van der Waals surface area contributed by atoms with E-state index in [9.17, 15) is 17.6 Å². The Kier molecular flexibility index (Phi) is 6.80. The molecule has 0 aliphatic carbocycles. The van der Waals surface area contributed by atoms with Gasteiger partial charge in [0.05, 0.1) is 16.8 Å². The number of rotatable bonds is 6. The lowest BCUT2D eigenvalue weighted by atomic mass is 9.88. The van der Waals surface area contributed by atoms with Gasteiger partial charge in [-0.1, -0.05) is 23.7 Å². The van der Waals surface area contributed by atoms with Gasteiger partial charge in [0.1, 0.15) is 17.7 Å². The highest BCUT2D eigenvalue weighted by atomic mass is 35.5. The van der Waals surface area contributed by atoms with E-state index in [0.29, 0.717) is 6.54 Å². The molecule has 0 saturated heterocycles. The van der Waals surface area contributed by atoms with Crippen molar-refractivity contribution in [2.75, 3.05) is 12.8 Å². The van der Waals surface area contributed by atoms with E-state index >= 15 is 4.39 Å². The van der Waals surface area contributed by atoms with Crippen LogP contribution in [0.2, 0.25) is 5.02 Å². The number of amides is 1. The quantitative estimate of drug-likeness (QED) is 0.689. The van der Waals surface area contributed by atoms with E-state index in [1.54, 1.807) is 6.92 Å². The Hall–Kier alpha value is -2.03.